The number of hydrogen-bond acceptors (Lipinski definition) is 3. The molecule has 2 aliphatic heterocycles. The summed E-state index contributed by atoms with van der Waals surface area (Å²) in [7, 11) is 2.07. The molecule has 0 fully saturated rings. The lowest BCUT2D eigenvalue weighted by Crippen LogP contribution is -2.58. The first-order chi connectivity index (χ1) is 16.3. The van der Waals surface area contributed by atoms with Crippen molar-refractivity contribution in [2.45, 2.75) is 25.0 Å². The van der Waals surface area contributed by atoms with Crippen molar-refractivity contribution >= 4 is 28.3 Å². The first-order valence-corrected chi connectivity index (χ1v) is 11.4. The fourth-order valence-corrected chi connectivity index (χ4v) is 5.58. The third kappa shape index (κ3) is 2.72. The van der Waals surface area contributed by atoms with Crippen LogP contribution in [0.4, 0.5) is 10.1 Å². The molecule has 2 aliphatic rings. The number of hydrogen-bond donors (Lipinski definition) is 0. The van der Waals surface area contributed by atoms with Crippen LogP contribution in [0.3, 0.4) is 0 Å². The van der Waals surface area contributed by atoms with Crippen molar-refractivity contribution in [2.75, 3.05) is 11.9 Å². The molecule has 1 atom stereocenters. The number of nitrogens with zero attached hydrogens (tertiary/aromatic N) is 1. The van der Waals surface area contributed by atoms with E-state index in [-0.39, 0.29) is 17.0 Å². The lowest BCUT2D eigenvalue weighted by atomic mass is 9.75. The highest BCUT2D eigenvalue weighted by molar-refractivity contribution is 6.09. The highest BCUT2D eigenvalue weighted by Crippen LogP contribution is 2.56. The zero-order valence-electron chi connectivity index (χ0n) is 19.3. The van der Waals surface area contributed by atoms with Crippen molar-refractivity contribution in [1.82, 2.24) is 0 Å². The molecule has 4 aromatic rings. The second-order valence-electron chi connectivity index (χ2n) is 9.59. The van der Waals surface area contributed by atoms with Crippen molar-refractivity contribution in [3.63, 3.8) is 0 Å². The number of ketones is 1. The van der Waals surface area contributed by atoms with Crippen LogP contribution in [-0.4, -0.2) is 18.6 Å². The van der Waals surface area contributed by atoms with Crippen LogP contribution < -0.4 is 9.64 Å². The van der Waals surface area contributed by atoms with Crippen LogP contribution in [0.25, 0.3) is 16.8 Å². The molecule has 2 heterocycles. The van der Waals surface area contributed by atoms with E-state index in [2.05, 4.69) is 68.3 Å². The van der Waals surface area contributed by atoms with Crippen LogP contribution >= 0.6 is 0 Å². The topological polar surface area (TPSA) is 29.5 Å². The van der Waals surface area contributed by atoms with Gasteiger partial charge < -0.3 is 9.64 Å². The van der Waals surface area contributed by atoms with Gasteiger partial charge in [-0.3, -0.25) is 4.79 Å². The van der Waals surface area contributed by atoms with Crippen molar-refractivity contribution in [3.05, 3.63) is 113 Å². The SMILES string of the molecule is CN1c2ccc3ccccc3c2C(C)(C)C12C=Cc1cc(C(=O)c3ccc(F)cc3)ccc1O2. The lowest BCUT2D eigenvalue weighted by Gasteiger charge is -2.45. The maximum Gasteiger partial charge on any atom is 0.211 e. The normalized spacial score (nSPS) is 19.7. The van der Waals surface area contributed by atoms with Gasteiger partial charge in [0.05, 0.1) is 5.41 Å². The number of rotatable bonds is 2. The fraction of sp³-hybridized carbons (Fsp3) is 0.167. The van der Waals surface area contributed by atoms with Gasteiger partial charge in [-0.15, -0.1) is 0 Å². The molecular formula is C30H24FNO2. The summed E-state index contributed by atoms with van der Waals surface area (Å²) < 4.78 is 20.0. The molecular weight excluding hydrogens is 425 g/mol. The smallest absolute Gasteiger partial charge is 0.211 e. The van der Waals surface area contributed by atoms with Gasteiger partial charge in [-0.1, -0.05) is 30.3 Å². The van der Waals surface area contributed by atoms with E-state index in [4.69, 9.17) is 4.74 Å². The Morgan fingerprint density at radius 2 is 1.65 bits per heavy atom. The van der Waals surface area contributed by atoms with Gasteiger partial charge in [-0.05, 0) is 90.9 Å². The molecule has 3 nitrogen and oxygen atoms in total. The molecule has 0 bridgehead atoms. The molecule has 0 aromatic heterocycles. The molecule has 1 spiro atoms. The maximum atomic E-state index is 13.3. The van der Waals surface area contributed by atoms with Crippen molar-refractivity contribution in [1.29, 1.82) is 0 Å². The molecule has 0 amide bonds. The zero-order chi connectivity index (χ0) is 23.7. The summed E-state index contributed by atoms with van der Waals surface area (Å²) in [6, 6.07) is 23.9. The Bertz CT molecular complexity index is 1500. The summed E-state index contributed by atoms with van der Waals surface area (Å²) >= 11 is 0. The number of carbonyl (C=O) groups is 1. The van der Waals surface area contributed by atoms with E-state index in [1.54, 1.807) is 6.07 Å². The van der Waals surface area contributed by atoms with Crippen LogP contribution in [-0.2, 0) is 5.41 Å². The Balaban J connectivity index is 1.41. The number of halogens is 1. The first-order valence-electron chi connectivity index (χ1n) is 11.4. The average molecular weight is 450 g/mol. The third-order valence-electron chi connectivity index (χ3n) is 7.42. The Hall–Kier alpha value is -3.92. The van der Waals surface area contributed by atoms with Gasteiger partial charge in [-0.2, -0.15) is 0 Å². The van der Waals surface area contributed by atoms with Crippen molar-refractivity contribution in [2.24, 2.45) is 0 Å². The molecule has 0 saturated heterocycles. The lowest BCUT2D eigenvalue weighted by molar-refractivity contribution is 0.0586. The van der Waals surface area contributed by atoms with Crippen LogP contribution in [0.1, 0.15) is 40.9 Å². The summed E-state index contributed by atoms with van der Waals surface area (Å²) in [5.41, 5.74) is 3.23. The summed E-state index contributed by atoms with van der Waals surface area (Å²) in [4.78, 5) is 15.1. The zero-order valence-corrected chi connectivity index (χ0v) is 19.3. The minimum absolute atomic E-state index is 0.145. The molecule has 1 unspecified atom stereocenters. The Morgan fingerprint density at radius 1 is 0.912 bits per heavy atom. The van der Waals surface area contributed by atoms with E-state index < -0.39 is 5.72 Å². The average Bonchev–Trinajstić information content (AvgIpc) is 3.02. The standard InChI is InChI=1S/C30H24FNO2/c1-29(2)27-24-7-5-4-6-19(24)10-14-25(27)32(3)30(29)17-16-21-18-22(11-15-26(21)34-30)28(33)20-8-12-23(31)13-9-20/h4-18H,1-3H3. The summed E-state index contributed by atoms with van der Waals surface area (Å²) in [5.74, 6) is 0.226. The number of anilines is 1. The molecule has 0 aliphatic carbocycles. The van der Waals surface area contributed by atoms with Gasteiger partial charge in [0.15, 0.2) is 5.78 Å². The highest BCUT2D eigenvalue weighted by atomic mass is 19.1. The van der Waals surface area contributed by atoms with Gasteiger partial charge >= 0.3 is 0 Å². The van der Waals surface area contributed by atoms with Gasteiger partial charge in [0.2, 0.25) is 5.72 Å². The molecule has 4 aromatic carbocycles. The molecule has 0 radical (unpaired) electrons. The first kappa shape index (κ1) is 20.7. The summed E-state index contributed by atoms with van der Waals surface area (Å²) in [5, 5.41) is 2.45. The minimum Gasteiger partial charge on any atom is -0.463 e. The van der Waals surface area contributed by atoms with Crippen LogP contribution in [0.5, 0.6) is 5.75 Å². The minimum atomic E-state index is -0.699. The number of fused-ring (bicyclic) bond motifs is 4. The van der Waals surface area contributed by atoms with E-state index in [0.717, 1.165) is 17.0 Å². The second-order valence-corrected chi connectivity index (χ2v) is 9.59. The van der Waals surface area contributed by atoms with E-state index >= 15 is 0 Å². The number of ether oxygens (including phenoxy) is 1. The molecule has 168 valence electrons. The van der Waals surface area contributed by atoms with Crippen LogP contribution in [0.2, 0.25) is 0 Å². The predicted molar refractivity (Wildman–Crippen MR) is 134 cm³/mol. The van der Waals surface area contributed by atoms with Gasteiger partial charge in [0.1, 0.15) is 11.6 Å². The van der Waals surface area contributed by atoms with Crippen molar-refractivity contribution in [3.8, 4) is 5.75 Å². The van der Waals surface area contributed by atoms with Crippen LogP contribution in [0, 0.1) is 5.82 Å². The maximum absolute atomic E-state index is 13.3. The fourth-order valence-electron chi connectivity index (χ4n) is 5.58. The summed E-state index contributed by atoms with van der Waals surface area (Å²) in [6.45, 7) is 4.45. The van der Waals surface area contributed by atoms with Gasteiger partial charge in [0.25, 0.3) is 0 Å². The molecule has 34 heavy (non-hydrogen) atoms. The number of carbonyl (C=O) groups excluding carboxylic acids is 1. The number of likely N-dealkylation sites (N-methyl/N-ethyl adjacent to an activating group) is 1. The Labute approximate surface area is 198 Å². The van der Waals surface area contributed by atoms with Gasteiger partial charge in [-0.25, -0.2) is 4.39 Å². The Morgan fingerprint density at radius 3 is 2.44 bits per heavy atom. The highest BCUT2D eigenvalue weighted by Gasteiger charge is 2.58. The molecule has 4 heteroatoms. The van der Waals surface area contributed by atoms with Crippen molar-refractivity contribution < 1.29 is 13.9 Å². The third-order valence-corrected chi connectivity index (χ3v) is 7.42. The second kappa shape index (κ2) is 7.04. The van der Waals surface area contributed by atoms with Gasteiger partial charge in [0, 0.05) is 29.4 Å². The largest absolute Gasteiger partial charge is 0.463 e. The molecule has 6 rings (SSSR count). The quantitative estimate of drug-likeness (QED) is 0.318. The predicted octanol–water partition coefficient (Wildman–Crippen LogP) is 6.74. The van der Waals surface area contributed by atoms with E-state index in [1.165, 1.54) is 40.6 Å². The summed E-state index contributed by atoms with van der Waals surface area (Å²) in [6.07, 6.45) is 4.16. The molecule has 0 N–H and O–H groups in total. The van der Waals surface area contributed by atoms with E-state index in [9.17, 15) is 9.18 Å². The molecule has 0 saturated carbocycles. The monoisotopic (exact) mass is 449 g/mol. The Kier molecular flexibility index (Phi) is 4.28. The van der Waals surface area contributed by atoms with E-state index in [0.29, 0.717) is 11.1 Å². The number of benzene rings is 4. The van der Waals surface area contributed by atoms with E-state index in [1.807, 2.05) is 18.2 Å². The van der Waals surface area contributed by atoms with Crippen LogP contribution in [0.15, 0.2) is 84.9 Å².